The number of aryl methyl sites for hydroxylation is 1. The van der Waals surface area contributed by atoms with Crippen LogP contribution in [-0.2, 0) is 42.9 Å². The van der Waals surface area contributed by atoms with Crippen molar-refractivity contribution in [3.63, 3.8) is 0 Å². The molecule has 180 valence electrons. The molecule has 0 aromatic carbocycles. The highest BCUT2D eigenvalue weighted by Gasteiger charge is 2.51. The average molecular weight is 487 g/mol. The van der Waals surface area contributed by atoms with E-state index >= 15 is 0 Å². The molecule has 0 bridgehead atoms. The first-order valence-corrected chi connectivity index (χ1v) is 9.99. The molecular formula is C19H23ClN4O9. The topological polar surface area (TPSA) is 169 Å². The number of hydrogen-bond acceptors (Lipinski definition) is 12. The number of halogens is 1. The SMILES string of the molecule is CC(=O)OC[C@H]1O[C@@H](OC(C)=O)[C@@H](OC(C)=O)C1OC(C)=O.Cc1nc(Cl)c2[nH]cnc2n1. The molecule has 2 aromatic heterocycles. The molecule has 0 spiro atoms. The van der Waals surface area contributed by atoms with Gasteiger partial charge in [-0.3, -0.25) is 19.2 Å². The third-order valence-electron chi connectivity index (χ3n) is 3.96. The van der Waals surface area contributed by atoms with Crippen LogP contribution in [0.1, 0.15) is 33.5 Å². The van der Waals surface area contributed by atoms with Gasteiger partial charge in [0, 0.05) is 27.7 Å². The highest BCUT2D eigenvalue weighted by Crippen LogP contribution is 2.28. The van der Waals surface area contributed by atoms with Gasteiger partial charge in [-0.1, -0.05) is 11.6 Å². The van der Waals surface area contributed by atoms with Gasteiger partial charge in [0.05, 0.1) is 6.33 Å². The van der Waals surface area contributed by atoms with Crippen molar-refractivity contribution < 1.29 is 42.9 Å². The summed E-state index contributed by atoms with van der Waals surface area (Å²) in [6, 6.07) is 0. The first kappa shape index (κ1) is 25.9. The van der Waals surface area contributed by atoms with Crippen molar-refractivity contribution in [2.75, 3.05) is 6.61 Å². The largest absolute Gasteiger partial charge is 0.463 e. The fourth-order valence-corrected chi connectivity index (χ4v) is 3.10. The molecule has 2 aromatic rings. The van der Waals surface area contributed by atoms with Gasteiger partial charge in [0.15, 0.2) is 16.9 Å². The van der Waals surface area contributed by atoms with E-state index in [1.54, 1.807) is 13.3 Å². The van der Waals surface area contributed by atoms with Gasteiger partial charge in [-0.2, -0.15) is 0 Å². The van der Waals surface area contributed by atoms with Crippen LogP contribution in [-0.4, -0.2) is 75.0 Å². The van der Waals surface area contributed by atoms with Gasteiger partial charge in [0.25, 0.3) is 0 Å². The summed E-state index contributed by atoms with van der Waals surface area (Å²) in [5.74, 6) is -1.92. The van der Waals surface area contributed by atoms with Crippen molar-refractivity contribution in [3.05, 3.63) is 17.3 Å². The second kappa shape index (κ2) is 11.5. The van der Waals surface area contributed by atoms with E-state index in [4.69, 9.17) is 35.3 Å². The molecule has 13 nitrogen and oxygen atoms in total. The summed E-state index contributed by atoms with van der Waals surface area (Å²) in [5.41, 5.74) is 1.31. The highest BCUT2D eigenvalue weighted by atomic mass is 35.5. The fourth-order valence-electron chi connectivity index (χ4n) is 2.83. The maximum Gasteiger partial charge on any atom is 0.305 e. The lowest BCUT2D eigenvalue weighted by atomic mass is 10.1. The predicted octanol–water partition coefficient (Wildman–Crippen LogP) is 1.02. The maximum atomic E-state index is 11.2. The van der Waals surface area contributed by atoms with Gasteiger partial charge >= 0.3 is 23.9 Å². The Bertz CT molecular complexity index is 1030. The lowest BCUT2D eigenvalue weighted by Gasteiger charge is -2.22. The quantitative estimate of drug-likeness (QED) is 0.362. The molecule has 3 heterocycles. The van der Waals surface area contributed by atoms with E-state index in [9.17, 15) is 19.2 Å². The molecule has 4 atom stereocenters. The Balaban J connectivity index is 0.000000288. The number of nitrogens with zero attached hydrogens (tertiary/aromatic N) is 3. The van der Waals surface area contributed by atoms with E-state index in [1.807, 2.05) is 0 Å². The minimum Gasteiger partial charge on any atom is -0.463 e. The molecule has 14 heteroatoms. The maximum absolute atomic E-state index is 11.2. The summed E-state index contributed by atoms with van der Waals surface area (Å²) in [4.78, 5) is 59.2. The number of hydrogen-bond donors (Lipinski definition) is 1. The van der Waals surface area contributed by atoms with Crippen LogP contribution in [0.5, 0.6) is 0 Å². The minimum atomic E-state index is -1.26. The van der Waals surface area contributed by atoms with E-state index in [-0.39, 0.29) is 6.61 Å². The Kier molecular flexibility index (Phi) is 9.05. The molecule has 0 saturated carbocycles. The Morgan fingerprint density at radius 3 is 2.15 bits per heavy atom. The van der Waals surface area contributed by atoms with Crippen molar-refractivity contribution >= 4 is 46.6 Å². The van der Waals surface area contributed by atoms with Crippen LogP contribution in [0.2, 0.25) is 5.15 Å². The molecule has 3 rings (SSSR count). The van der Waals surface area contributed by atoms with Gasteiger partial charge < -0.3 is 28.7 Å². The summed E-state index contributed by atoms with van der Waals surface area (Å²) in [6.07, 6.45) is -2.85. The van der Waals surface area contributed by atoms with Gasteiger partial charge in [-0.15, -0.1) is 0 Å². The normalized spacial score (nSPS) is 21.5. The van der Waals surface area contributed by atoms with Gasteiger partial charge in [0.1, 0.15) is 24.1 Å². The van der Waals surface area contributed by atoms with E-state index < -0.39 is 48.5 Å². The molecular weight excluding hydrogens is 464 g/mol. The molecule has 0 aliphatic carbocycles. The number of carbonyl (C=O) groups is 4. The van der Waals surface area contributed by atoms with Crippen LogP contribution in [0, 0.1) is 6.92 Å². The Morgan fingerprint density at radius 1 is 0.970 bits per heavy atom. The average Bonchev–Trinajstić information content (AvgIpc) is 3.26. The zero-order valence-electron chi connectivity index (χ0n) is 18.5. The smallest absolute Gasteiger partial charge is 0.305 e. The Hall–Kier alpha value is -3.32. The lowest BCUT2D eigenvalue weighted by Crippen LogP contribution is -2.42. The van der Waals surface area contributed by atoms with E-state index in [1.165, 1.54) is 6.92 Å². The van der Waals surface area contributed by atoms with Gasteiger partial charge in [-0.25, -0.2) is 15.0 Å². The number of aromatic amines is 1. The first-order chi connectivity index (χ1) is 15.5. The van der Waals surface area contributed by atoms with Crippen LogP contribution < -0.4 is 0 Å². The highest BCUT2D eigenvalue weighted by molar-refractivity contribution is 6.33. The Labute approximate surface area is 193 Å². The van der Waals surface area contributed by atoms with Crippen molar-refractivity contribution in [2.45, 2.75) is 59.2 Å². The van der Waals surface area contributed by atoms with Crippen LogP contribution in [0.25, 0.3) is 11.2 Å². The third kappa shape index (κ3) is 7.64. The number of nitrogens with one attached hydrogen (secondary N) is 1. The molecule has 1 aliphatic rings. The molecule has 1 fully saturated rings. The number of H-pyrrole nitrogens is 1. The summed E-state index contributed by atoms with van der Waals surface area (Å²) in [6.45, 7) is 6.18. The number of esters is 4. The fraction of sp³-hybridized carbons (Fsp3) is 0.526. The third-order valence-corrected chi connectivity index (χ3v) is 4.23. The zero-order chi connectivity index (χ0) is 24.7. The number of carbonyl (C=O) groups excluding carboxylic acids is 4. The van der Waals surface area contributed by atoms with Gasteiger partial charge in [-0.05, 0) is 6.92 Å². The first-order valence-electron chi connectivity index (χ1n) is 9.61. The van der Waals surface area contributed by atoms with Crippen LogP contribution in [0.3, 0.4) is 0 Å². The summed E-state index contributed by atoms with van der Waals surface area (Å²) >= 11 is 5.78. The number of imidazole rings is 1. The number of aromatic nitrogens is 4. The van der Waals surface area contributed by atoms with Crippen molar-refractivity contribution in [2.24, 2.45) is 0 Å². The van der Waals surface area contributed by atoms with Crippen molar-refractivity contribution in [3.8, 4) is 0 Å². The number of rotatable bonds is 5. The van der Waals surface area contributed by atoms with Crippen LogP contribution >= 0.6 is 11.6 Å². The number of fused-ring (bicyclic) bond motifs is 1. The number of ether oxygens (including phenoxy) is 5. The molecule has 0 radical (unpaired) electrons. The van der Waals surface area contributed by atoms with Crippen LogP contribution in [0.15, 0.2) is 6.33 Å². The molecule has 1 unspecified atom stereocenters. The molecule has 1 N–H and O–H groups in total. The van der Waals surface area contributed by atoms with Crippen LogP contribution in [0.4, 0.5) is 0 Å². The van der Waals surface area contributed by atoms with E-state index in [2.05, 4.69) is 19.9 Å². The standard InChI is InChI=1S/C13H18O9.C6H5ClN4/c1-6(14)18-5-10-11(19-7(2)15)12(20-8(3)16)13(22-10)21-9(4)17;1-3-10-5(7)4-6(11-3)9-2-8-4/h10-13H,5H2,1-4H3;2H,1H3,(H,8,9,10,11)/t10-,11?,12+,13-;/m1./s1. The van der Waals surface area contributed by atoms with E-state index in [0.717, 1.165) is 20.8 Å². The molecule has 0 amide bonds. The predicted molar refractivity (Wildman–Crippen MR) is 110 cm³/mol. The second-order valence-corrected chi connectivity index (χ2v) is 7.12. The second-order valence-electron chi connectivity index (χ2n) is 6.77. The van der Waals surface area contributed by atoms with Crippen molar-refractivity contribution in [1.29, 1.82) is 0 Å². The Morgan fingerprint density at radius 2 is 1.58 bits per heavy atom. The monoisotopic (exact) mass is 486 g/mol. The summed E-state index contributed by atoms with van der Waals surface area (Å²) in [7, 11) is 0. The molecule has 33 heavy (non-hydrogen) atoms. The van der Waals surface area contributed by atoms with Gasteiger partial charge in [0.2, 0.25) is 12.4 Å². The van der Waals surface area contributed by atoms with E-state index in [0.29, 0.717) is 22.1 Å². The minimum absolute atomic E-state index is 0.247. The summed E-state index contributed by atoms with van der Waals surface area (Å²) < 4.78 is 25.2. The molecule has 1 aliphatic heterocycles. The van der Waals surface area contributed by atoms with Crippen molar-refractivity contribution in [1.82, 2.24) is 19.9 Å². The zero-order valence-corrected chi connectivity index (χ0v) is 19.2. The molecule has 1 saturated heterocycles. The summed E-state index contributed by atoms with van der Waals surface area (Å²) in [5, 5.41) is 0.421. The lowest BCUT2D eigenvalue weighted by molar-refractivity contribution is -0.197.